The van der Waals surface area contributed by atoms with Crippen LogP contribution in [0.15, 0.2) is 34.7 Å². The van der Waals surface area contributed by atoms with Crippen LogP contribution in [0.5, 0.6) is 0 Å². The van der Waals surface area contributed by atoms with Crippen molar-refractivity contribution in [1.29, 1.82) is 0 Å². The predicted molar refractivity (Wildman–Crippen MR) is 89.2 cm³/mol. The molecule has 1 fully saturated rings. The molecule has 5 nitrogen and oxygen atoms in total. The highest BCUT2D eigenvalue weighted by Gasteiger charge is 2.30. The van der Waals surface area contributed by atoms with E-state index in [0.29, 0.717) is 31.2 Å². The zero-order chi connectivity index (χ0) is 18.0. The molecule has 2 aromatic rings. The predicted octanol–water partition coefficient (Wildman–Crippen LogP) is 3.38. The summed E-state index contributed by atoms with van der Waals surface area (Å²) in [6, 6.07) is 7.72. The van der Waals surface area contributed by atoms with Gasteiger partial charge < -0.3 is 14.4 Å². The molecule has 0 bridgehead atoms. The summed E-state index contributed by atoms with van der Waals surface area (Å²) in [4.78, 5) is 25.5. The van der Waals surface area contributed by atoms with E-state index < -0.39 is 5.97 Å². The second-order valence-electron chi connectivity index (χ2n) is 6.34. The fourth-order valence-corrected chi connectivity index (χ4v) is 3.27. The largest absolute Gasteiger partial charge is 0.478 e. The fourth-order valence-electron chi connectivity index (χ4n) is 3.27. The van der Waals surface area contributed by atoms with Crippen LogP contribution >= 0.6 is 0 Å². The van der Waals surface area contributed by atoms with Crippen molar-refractivity contribution in [3.05, 3.63) is 58.8 Å². The van der Waals surface area contributed by atoms with Gasteiger partial charge in [0.05, 0.1) is 0 Å². The number of carboxylic acids is 1. The Morgan fingerprint density at radius 2 is 2.04 bits per heavy atom. The molecule has 132 valence electrons. The average Bonchev–Trinajstić information content (AvgIpc) is 3.23. The molecule has 1 amide bonds. The lowest BCUT2D eigenvalue weighted by atomic mass is 9.99. The zero-order valence-electron chi connectivity index (χ0n) is 14.0. The molecule has 0 radical (unpaired) electrons. The normalized spacial score (nSPS) is 17.0. The molecule has 0 spiro atoms. The highest BCUT2D eigenvalue weighted by Crippen LogP contribution is 2.24. The maximum absolute atomic E-state index is 13.0. The number of halogens is 1. The van der Waals surface area contributed by atoms with Crippen LogP contribution in [-0.4, -0.2) is 35.0 Å². The van der Waals surface area contributed by atoms with E-state index in [1.807, 2.05) is 0 Å². The summed E-state index contributed by atoms with van der Waals surface area (Å²) in [6.45, 7) is 2.98. The number of carbonyl (C=O) groups is 2. The van der Waals surface area contributed by atoms with Gasteiger partial charge in [-0.1, -0.05) is 19.1 Å². The Hall–Kier alpha value is -2.63. The van der Waals surface area contributed by atoms with Crippen LogP contribution in [0, 0.1) is 11.7 Å². The molecule has 0 aliphatic carbocycles. The minimum absolute atomic E-state index is 0.0490. The topological polar surface area (TPSA) is 70.8 Å². The standard InChI is InChI=1S/C19H20FNO4/c1-2-16-15(19(23)24)10-17(25-16)18(22)21-8-7-13(11-21)9-12-3-5-14(20)6-4-12/h3-6,10,13H,2,7-9,11H2,1H3,(H,23,24). The number of aryl methyl sites for hydroxylation is 1. The number of nitrogens with zero attached hydrogens (tertiary/aromatic N) is 1. The highest BCUT2D eigenvalue weighted by atomic mass is 19.1. The minimum atomic E-state index is -1.09. The summed E-state index contributed by atoms with van der Waals surface area (Å²) < 4.78 is 18.4. The van der Waals surface area contributed by atoms with Gasteiger partial charge in [0.1, 0.15) is 17.1 Å². The molecule has 1 saturated heterocycles. The smallest absolute Gasteiger partial charge is 0.339 e. The third-order valence-corrected chi connectivity index (χ3v) is 4.58. The Labute approximate surface area is 145 Å². The number of carbonyl (C=O) groups excluding carboxylic acids is 1. The number of hydrogen-bond donors (Lipinski definition) is 1. The van der Waals surface area contributed by atoms with Gasteiger partial charge >= 0.3 is 5.97 Å². The van der Waals surface area contributed by atoms with Crippen molar-refractivity contribution < 1.29 is 23.5 Å². The van der Waals surface area contributed by atoms with Crippen molar-refractivity contribution in [2.75, 3.05) is 13.1 Å². The molecule has 1 aromatic carbocycles. The number of hydrogen-bond acceptors (Lipinski definition) is 3. The Kier molecular flexibility index (Phi) is 4.88. The van der Waals surface area contributed by atoms with Crippen molar-refractivity contribution in [3.63, 3.8) is 0 Å². The quantitative estimate of drug-likeness (QED) is 0.902. The Bertz CT molecular complexity index is 781. The van der Waals surface area contributed by atoms with E-state index in [2.05, 4.69) is 0 Å². The number of carboxylic acid groups (broad SMARTS) is 1. The molecule has 25 heavy (non-hydrogen) atoms. The molecule has 1 unspecified atom stereocenters. The molecule has 1 atom stereocenters. The Morgan fingerprint density at radius 3 is 2.64 bits per heavy atom. The van der Waals surface area contributed by atoms with Gasteiger partial charge in [-0.25, -0.2) is 9.18 Å². The zero-order valence-corrected chi connectivity index (χ0v) is 14.0. The summed E-state index contributed by atoms with van der Waals surface area (Å²) in [5, 5.41) is 9.17. The minimum Gasteiger partial charge on any atom is -0.478 e. The maximum atomic E-state index is 13.0. The van der Waals surface area contributed by atoms with Gasteiger partial charge in [0, 0.05) is 25.6 Å². The molecule has 3 rings (SSSR count). The first-order chi connectivity index (χ1) is 12.0. The molecule has 1 N–H and O–H groups in total. The van der Waals surface area contributed by atoms with Crippen LogP contribution in [0.4, 0.5) is 4.39 Å². The van der Waals surface area contributed by atoms with Gasteiger partial charge in [0.2, 0.25) is 0 Å². The maximum Gasteiger partial charge on any atom is 0.339 e. The molecular weight excluding hydrogens is 325 g/mol. The molecule has 1 aliphatic heterocycles. The van der Waals surface area contributed by atoms with E-state index in [0.717, 1.165) is 18.4 Å². The lowest BCUT2D eigenvalue weighted by molar-refractivity contribution is 0.0692. The molecule has 1 aromatic heterocycles. The monoisotopic (exact) mass is 345 g/mol. The summed E-state index contributed by atoms with van der Waals surface area (Å²) in [7, 11) is 0. The SMILES string of the molecule is CCc1oc(C(=O)N2CCC(Cc3ccc(F)cc3)C2)cc1C(=O)O. The fraction of sp³-hybridized carbons (Fsp3) is 0.368. The van der Waals surface area contributed by atoms with E-state index in [-0.39, 0.29) is 23.0 Å². The number of amides is 1. The van der Waals surface area contributed by atoms with Crippen LogP contribution in [-0.2, 0) is 12.8 Å². The lowest BCUT2D eigenvalue weighted by Crippen LogP contribution is -2.28. The second-order valence-corrected chi connectivity index (χ2v) is 6.34. The number of aromatic carboxylic acids is 1. The van der Waals surface area contributed by atoms with Crippen molar-refractivity contribution >= 4 is 11.9 Å². The van der Waals surface area contributed by atoms with Crippen LogP contribution < -0.4 is 0 Å². The van der Waals surface area contributed by atoms with E-state index in [4.69, 9.17) is 4.42 Å². The molecule has 6 heteroatoms. The van der Waals surface area contributed by atoms with E-state index in [9.17, 15) is 19.1 Å². The van der Waals surface area contributed by atoms with Gasteiger partial charge in [0.25, 0.3) is 5.91 Å². The van der Waals surface area contributed by atoms with E-state index in [1.54, 1.807) is 24.0 Å². The van der Waals surface area contributed by atoms with Crippen LogP contribution in [0.25, 0.3) is 0 Å². The van der Waals surface area contributed by atoms with Crippen molar-refractivity contribution in [3.8, 4) is 0 Å². The first-order valence-electron chi connectivity index (χ1n) is 8.37. The van der Waals surface area contributed by atoms with Crippen LogP contribution in [0.1, 0.15) is 45.6 Å². The summed E-state index contributed by atoms with van der Waals surface area (Å²) in [5.41, 5.74) is 1.09. The highest BCUT2D eigenvalue weighted by molar-refractivity contribution is 5.96. The summed E-state index contributed by atoms with van der Waals surface area (Å²) in [6.07, 6.45) is 2.06. The molecular formula is C19H20FNO4. The van der Waals surface area contributed by atoms with Crippen molar-refractivity contribution in [2.45, 2.75) is 26.2 Å². The number of benzene rings is 1. The van der Waals surface area contributed by atoms with Crippen LogP contribution in [0.2, 0.25) is 0 Å². The first-order valence-corrected chi connectivity index (χ1v) is 8.37. The summed E-state index contributed by atoms with van der Waals surface area (Å²) in [5.74, 6) is -0.923. The van der Waals surface area contributed by atoms with Crippen molar-refractivity contribution in [2.24, 2.45) is 5.92 Å². The Morgan fingerprint density at radius 1 is 1.32 bits per heavy atom. The Balaban J connectivity index is 1.66. The number of furan rings is 1. The van der Waals surface area contributed by atoms with E-state index >= 15 is 0 Å². The first kappa shape index (κ1) is 17.2. The van der Waals surface area contributed by atoms with E-state index in [1.165, 1.54) is 18.2 Å². The van der Waals surface area contributed by atoms with Gasteiger partial charge in [-0.2, -0.15) is 0 Å². The number of rotatable bonds is 5. The van der Waals surface area contributed by atoms with Crippen LogP contribution in [0.3, 0.4) is 0 Å². The molecule has 1 aliphatic rings. The van der Waals surface area contributed by atoms with Gasteiger partial charge in [-0.15, -0.1) is 0 Å². The lowest BCUT2D eigenvalue weighted by Gasteiger charge is -2.15. The number of likely N-dealkylation sites (tertiary alicyclic amines) is 1. The molecule has 0 saturated carbocycles. The van der Waals surface area contributed by atoms with Gasteiger partial charge in [-0.05, 0) is 36.5 Å². The van der Waals surface area contributed by atoms with Crippen molar-refractivity contribution in [1.82, 2.24) is 4.90 Å². The third kappa shape index (κ3) is 3.73. The van der Waals surface area contributed by atoms with Gasteiger partial charge in [0.15, 0.2) is 5.76 Å². The van der Waals surface area contributed by atoms with Gasteiger partial charge in [-0.3, -0.25) is 4.79 Å². The average molecular weight is 345 g/mol. The second kappa shape index (κ2) is 7.09. The summed E-state index contributed by atoms with van der Waals surface area (Å²) >= 11 is 0. The third-order valence-electron chi connectivity index (χ3n) is 4.58. The molecule has 2 heterocycles.